The third-order valence-electron chi connectivity index (χ3n) is 7.17. The number of nitrogens with one attached hydrogen (secondary N) is 1. The Kier molecular flexibility index (Phi) is 10.8. The Labute approximate surface area is 271 Å². The number of phenolic OH excluding ortho intramolecular Hbond substituents is 1. The van der Waals surface area contributed by atoms with Gasteiger partial charge in [-0.2, -0.15) is 0 Å². The highest BCUT2D eigenvalue weighted by molar-refractivity contribution is 5.97. The van der Waals surface area contributed by atoms with Gasteiger partial charge in [-0.25, -0.2) is 4.79 Å². The molecule has 0 bridgehead atoms. The van der Waals surface area contributed by atoms with Gasteiger partial charge in [0, 0.05) is 18.1 Å². The summed E-state index contributed by atoms with van der Waals surface area (Å²) in [6.07, 6.45) is 0.0268. The van der Waals surface area contributed by atoms with Gasteiger partial charge in [0.1, 0.15) is 25.9 Å². The molecule has 0 fully saturated rings. The molecule has 0 aromatic heterocycles. The second kappa shape index (κ2) is 15.7. The highest BCUT2D eigenvalue weighted by Gasteiger charge is 2.26. The predicted octanol–water partition coefficient (Wildman–Crippen LogP) is 6.54. The van der Waals surface area contributed by atoms with Crippen LogP contribution < -0.4 is 14.8 Å². The Hall–Kier alpha value is -6.16. The zero-order valence-corrected chi connectivity index (χ0v) is 25.3. The number of amides is 1. The Bertz CT molecular complexity index is 1820. The van der Waals surface area contributed by atoms with Crippen molar-refractivity contribution in [3.05, 3.63) is 165 Å². The number of ether oxygens (including phenoxy) is 3. The molecule has 2 N–H and O–H groups in total. The van der Waals surface area contributed by atoms with Gasteiger partial charge in [0.25, 0.3) is 5.91 Å². The number of phenols is 1. The molecule has 0 saturated heterocycles. The number of carbonyl (C=O) groups is 2. The molecule has 5 aromatic rings. The molecule has 5 rings (SSSR count). The van der Waals surface area contributed by atoms with Crippen molar-refractivity contribution in [2.45, 2.75) is 32.3 Å². The number of rotatable bonds is 14. The van der Waals surface area contributed by atoms with Crippen LogP contribution in [0.3, 0.4) is 0 Å². The van der Waals surface area contributed by atoms with Gasteiger partial charge in [0.05, 0.1) is 4.92 Å². The van der Waals surface area contributed by atoms with Crippen LogP contribution >= 0.6 is 0 Å². The third-order valence-corrected chi connectivity index (χ3v) is 7.17. The number of hydrogen-bond acceptors (Lipinski definition) is 8. The summed E-state index contributed by atoms with van der Waals surface area (Å²) >= 11 is 0. The van der Waals surface area contributed by atoms with Crippen LogP contribution in [0, 0.1) is 10.1 Å². The van der Waals surface area contributed by atoms with Crippen LogP contribution in [0.2, 0.25) is 0 Å². The quantitative estimate of drug-likeness (QED) is 0.0800. The largest absolute Gasteiger partial charge is 0.502 e. The first kappa shape index (κ1) is 32.2. The van der Waals surface area contributed by atoms with Crippen LogP contribution in [0.4, 0.5) is 5.69 Å². The van der Waals surface area contributed by atoms with Gasteiger partial charge in [-0.1, -0.05) is 97.1 Å². The van der Waals surface area contributed by atoms with Crippen molar-refractivity contribution in [2.24, 2.45) is 0 Å². The van der Waals surface area contributed by atoms with Crippen molar-refractivity contribution in [3.63, 3.8) is 0 Å². The third kappa shape index (κ3) is 9.18. The van der Waals surface area contributed by atoms with E-state index in [0.717, 1.165) is 28.8 Å². The highest BCUT2D eigenvalue weighted by Crippen LogP contribution is 2.31. The van der Waals surface area contributed by atoms with Gasteiger partial charge in [0.2, 0.25) is 0 Å². The number of nitro benzene ring substituents is 1. The normalized spacial score (nSPS) is 11.2. The molecule has 0 heterocycles. The number of nitrogens with zero attached hydrogens (tertiary/aromatic N) is 1. The van der Waals surface area contributed by atoms with E-state index >= 15 is 0 Å². The molecule has 238 valence electrons. The summed E-state index contributed by atoms with van der Waals surface area (Å²) in [5, 5.41) is 23.9. The van der Waals surface area contributed by atoms with Crippen molar-refractivity contribution >= 4 is 17.6 Å². The van der Waals surface area contributed by atoms with Crippen LogP contribution in [-0.2, 0) is 35.8 Å². The van der Waals surface area contributed by atoms with Crippen molar-refractivity contribution in [1.82, 2.24) is 5.32 Å². The first-order valence-corrected chi connectivity index (χ1v) is 14.8. The van der Waals surface area contributed by atoms with E-state index in [4.69, 9.17) is 14.2 Å². The number of carbonyl (C=O) groups excluding carboxylic acids is 2. The van der Waals surface area contributed by atoms with Gasteiger partial charge in [0.15, 0.2) is 17.2 Å². The lowest BCUT2D eigenvalue weighted by molar-refractivity contribution is -0.385. The predicted molar refractivity (Wildman–Crippen MR) is 174 cm³/mol. The maximum absolute atomic E-state index is 13.4. The lowest BCUT2D eigenvalue weighted by Crippen LogP contribution is -2.43. The topological polar surface area (TPSA) is 137 Å². The first-order valence-electron chi connectivity index (χ1n) is 14.8. The molecule has 47 heavy (non-hydrogen) atoms. The zero-order valence-electron chi connectivity index (χ0n) is 25.3. The zero-order chi connectivity index (χ0) is 33.0. The number of benzene rings is 5. The SMILES string of the molecule is O=C(N[C@@H](Cc1ccc(OCc2ccccc2)c(OCc2ccccc2)c1)C(=O)OCc1ccccc1)c1ccc([N+](=O)[O-])c(O)c1. The van der Waals surface area contributed by atoms with E-state index in [2.05, 4.69) is 5.32 Å². The minimum absolute atomic E-state index is 0.0118. The van der Waals surface area contributed by atoms with Crippen LogP contribution in [-0.4, -0.2) is 27.9 Å². The summed E-state index contributed by atoms with van der Waals surface area (Å²) in [4.78, 5) is 37.0. The van der Waals surface area contributed by atoms with Crippen molar-refractivity contribution < 1.29 is 33.8 Å². The average molecular weight is 633 g/mol. The second-order valence-corrected chi connectivity index (χ2v) is 10.6. The number of aromatic hydroxyl groups is 1. The maximum atomic E-state index is 13.4. The number of hydrogen-bond donors (Lipinski definition) is 2. The molecule has 1 atom stereocenters. The minimum Gasteiger partial charge on any atom is -0.502 e. The average Bonchev–Trinajstić information content (AvgIpc) is 3.10. The summed E-state index contributed by atoms with van der Waals surface area (Å²) in [5.74, 6) is -1.13. The van der Waals surface area contributed by atoms with E-state index in [1.54, 1.807) is 18.2 Å². The van der Waals surface area contributed by atoms with Crippen LogP contribution in [0.25, 0.3) is 0 Å². The van der Waals surface area contributed by atoms with Crippen molar-refractivity contribution in [2.75, 3.05) is 0 Å². The van der Waals surface area contributed by atoms with Gasteiger partial charge in [-0.05, 0) is 46.5 Å². The maximum Gasteiger partial charge on any atom is 0.329 e. The fourth-order valence-electron chi connectivity index (χ4n) is 4.70. The fourth-order valence-corrected chi connectivity index (χ4v) is 4.70. The van der Waals surface area contributed by atoms with E-state index in [-0.39, 0.29) is 25.2 Å². The van der Waals surface area contributed by atoms with E-state index in [0.29, 0.717) is 23.7 Å². The molecule has 0 aliphatic carbocycles. The molecule has 0 aliphatic rings. The lowest BCUT2D eigenvalue weighted by Gasteiger charge is -2.20. The van der Waals surface area contributed by atoms with Gasteiger partial charge in [-0.3, -0.25) is 14.9 Å². The van der Waals surface area contributed by atoms with E-state index in [1.165, 1.54) is 6.07 Å². The summed E-state index contributed by atoms with van der Waals surface area (Å²) in [5.41, 5.74) is 2.74. The Morgan fingerprint density at radius 3 is 1.79 bits per heavy atom. The molecule has 0 aliphatic heterocycles. The minimum atomic E-state index is -1.15. The molecular weight excluding hydrogens is 600 g/mol. The Balaban J connectivity index is 1.38. The molecule has 5 aromatic carbocycles. The van der Waals surface area contributed by atoms with Gasteiger partial charge < -0.3 is 24.6 Å². The van der Waals surface area contributed by atoms with Crippen LogP contribution in [0.1, 0.15) is 32.6 Å². The van der Waals surface area contributed by atoms with E-state index in [9.17, 15) is 24.8 Å². The summed E-state index contributed by atoms with van der Waals surface area (Å²) in [6.45, 7) is 0.575. The molecule has 1 amide bonds. The summed E-state index contributed by atoms with van der Waals surface area (Å²) in [7, 11) is 0. The molecule has 0 unspecified atom stereocenters. The molecule has 0 saturated carbocycles. The van der Waals surface area contributed by atoms with Gasteiger partial charge in [-0.15, -0.1) is 0 Å². The smallest absolute Gasteiger partial charge is 0.329 e. The monoisotopic (exact) mass is 632 g/mol. The fraction of sp³-hybridized carbons (Fsp3) is 0.135. The molecule has 0 radical (unpaired) electrons. The van der Waals surface area contributed by atoms with Gasteiger partial charge >= 0.3 is 11.7 Å². The Morgan fingerprint density at radius 1 is 0.681 bits per heavy atom. The van der Waals surface area contributed by atoms with Crippen molar-refractivity contribution in [3.8, 4) is 17.2 Å². The van der Waals surface area contributed by atoms with E-state index < -0.39 is 34.3 Å². The molecule has 0 spiro atoms. The second-order valence-electron chi connectivity index (χ2n) is 10.6. The first-order chi connectivity index (χ1) is 22.9. The Morgan fingerprint density at radius 2 is 1.23 bits per heavy atom. The van der Waals surface area contributed by atoms with Crippen LogP contribution in [0.15, 0.2) is 127 Å². The number of nitro groups is 1. The van der Waals surface area contributed by atoms with E-state index in [1.807, 2.05) is 91.0 Å². The summed E-state index contributed by atoms with van der Waals surface area (Å²) in [6, 6.07) is 35.8. The number of esters is 1. The molecular formula is C37H32N2O8. The lowest BCUT2D eigenvalue weighted by atomic mass is 10.0. The van der Waals surface area contributed by atoms with Crippen molar-refractivity contribution in [1.29, 1.82) is 0 Å². The summed E-state index contributed by atoms with van der Waals surface area (Å²) < 4.78 is 17.9. The molecule has 10 heteroatoms. The molecule has 10 nitrogen and oxygen atoms in total. The van der Waals surface area contributed by atoms with Crippen LogP contribution in [0.5, 0.6) is 17.2 Å². The highest BCUT2D eigenvalue weighted by atomic mass is 16.6. The standard InChI is InChI=1S/C37H32N2O8/c40-33-22-30(17-18-32(33)39(43)44)36(41)38-31(37(42)47-25-28-14-8-3-9-15-28)20-29-16-19-34(45-23-26-10-4-1-5-11-26)35(21-29)46-24-27-12-6-2-7-13-27/h1-19,21-22,31,40H,20,23-25H2,(H,38,41)/t31-/m0/s1.